The highest BCUT2D eigenvalue weighted by Gasteiger charge is 2.15. The average molecular weight is 222 g/mol. The number of hydrogen-bond acceptors (Lipinski definition) is 2. The molecule has 0 amide bonds. The lowest BCUT2D eigenvalue weighted by atomic mass is 10.1. The highest BCUT2D eigenvalue weighted by atomic mass is 35.5. The maximum absolute atomic E-state index is 12.4. The molecule has 0 aliphatic heterocycles. The lowest BCUT2D eigenvalue weighted by molar-refractivity contribution is -0.136. The Morgan fingerprint density at radius 2 is 2.29 bits per heavy atom. The van der Waals surface area contributed by atoms with Gasteiger partial charge in [0.1, 0.15) is 5.15 Å². The molecule has 0 aliphatic carbocycles. The molecule has 0 bridgehead atoms. The Labute approximate surface area is 83.3 Å². The molecule has 0 saturated carbocycles. The Kier molecular flexibility index (Phi) is 3.35. The first kappa shape index (κ1) is 10.8. The summed E-state index contributed by atoms with van der Waals surface area (Å²) >= 11 is 5.41. The van der Waals surface area contributed by atoms with Crippen LogP contribution in [0.1, 0.15) is 17.6 Å². The van der Waals surface area contributed by atoms with Gasteiger partial charge >= 0.3 is 5.97 Å². The minimum absolute atomic E-state index is 0.0168. The maximum atomic E-state index is 12.4. The second-order valence-corrected chi connectivity index (χ2v) is 2.96. The molecule has 0 radical (unpaired) electrons. The molecular weight excluding hydrogens is 216 g/mol. The molecule has 1 aromatic heterocycles. The molecule has 6 heteroatoms. The molecule has 0 saturated heterocycles. The van der Waals surface area contributed by atoms with Crippen molar-refractivity contribution in [2.24, 2.45) is 0 Å². The zero-order valence-electron chi connectivity index (χ0n) is 6.88. The van der Waals surface area contributed by atoms with Crippen LogP contribution in [-0.4, -0.2) is 16.1 Å². The van der Waals surface area contributed by atoms with Gasteiger partial charge in [0.15, 0.2) is 0 Å². The van der Waals surface area contributed by atoms with Gasteiger partial charge in [0, 0.05) is 11.8 Å². The van der Waals surface area contributed by atoms with Crippen LogP contribution in [0, 0.1) is 0 Å². The molecule has 0 fully saturated rings. The van der Waals surface area contributed by atoms with Crippen LogP contribution >= 0.6 is 11.6 Å². The topological polar surface area (TPSA) is 50.2 Å². The first-order chi connectivity index (χ1) is 6.50. The van der Waals surface area contributed by atoms with Crippen LogP contribution in [0.15, 0.2) is 12.3 Å². The Morgan fingerprint density at radius 1 is 1.64 bits per heavy atom. The van der Waals surface area contributed by atoms with Crippen LogP contribution in [0.25, 0.3) is 0 Å². The molecule has 0 aromatic carbocycles. The summed E-state index contributed by atoms with van der Waals surface area (Å²) in [6.07, 6.45) is -2.17. The van der Waals surface area contributed by atoms with Crippen molar-refractivity contribution in [2.75, 3.05) is 0 Å². The monoisotopic (exact) mass is 221 g/mol. The van der Waals surface area contributed by atoms with E-state index >= 15 is 0 Å². The number of carbonyl (C=O) groups is 1. The number of hydrogen-bond donors (Lipinski definition) is 1. The third-order valence-corrected chi connectivity index (χ3v) is 1.77. The molecule has 1 N–H and O–H groups in total. The summed E-state index contributed by atoms with van der Waals surface area (Å²) in [6, 6.07) is 0.977. The number of pyridine rings is 1. The minimum Gasteiger partial charge on any atom is -0.481 e. The average Bonchev–Trinajstić information content (AvgIpc) is 2.07. The van der Waals surface area contributed by atoms with E-state index in [2.05, 4.69) is 4.98 Å². The molecule has 76 valence electrons. The van der Waals surface area contributed by atoms with Crippen molar-refractivity contribution in [3.8, 4) is 0 Å². The largest absolute Gasteiger partial charge is 0.481 e. The van der Waals surface area contributed by atoms with E-state index < -0.39 is 18.8 Å². The minimum atomic E-state index is -2.75. The summed E-state index contributed by atoms with van der Waals surface area (Å²) in [7, 11) is 0. The van der Waals surface area contributed by atoms with Crippen molar-refractivity contribution >= 4 is 17.6 Å². The predicted molar refractivity (Wildman–Crippen MR) is 45.5 cm³/mol. The van der Waals surface area contributed by atoms with Crippen LogP contribution in [0.4, 0.5) is 8.78 Å². The van der Waals surface area contributed by atoms with Gasteiger partial charge in [-0.1, -0.05) is 11.6 Å². The normalized spacial score (nSPS) is 10.6. The van der Waals surface area contributed by atoms with E-state index in [1.165, 1.54) is 0 Å². The summed E-state index contributed by atoms with van der Waals surface area (Å²) in [5.74, 6) is -1.18. The summed E-state index contributed by atoms with van der Waals surface area (Å²) in [5.41, 5.74) is -0.399. The van der Waals surface area contributed by atoms with Gasteiger partial charge in [-0.2, -0.15) is 0 Å². The van der Waals surface area contributed by atoms with Crippen molar-refractivity contribution in [3.05, 3.63) is 28.5 Å². The molecule has 0 unspecified atom stereocenters. The van der Waals surface area contributed by atoms with Gasteiger partial charge in [0.05, 0.1) is 6.42 Å². The highest BCUT2D eigenvalue weighted by molar-refractivity contribution is 6.29. The van der Waals surface area contributed by atoms with Crippen LogP contribution in [0.2, 0.25) is 5.15 Å². The smallest absolute Gasteiger partial charge is 0.307 e. The fraction of sp³-hybridized carbons (Fsp3) is 0.250. The van der Waals surface area contributed by atoms with Crippen LogP contribution in [0.5, 0.6) is 0 Å². The van der Waals surface area contributed by atoms with E-state index in [0.29, 0.717) is 0 Å². The van der Waals surface area contributed by atoms with Crippen molar-refractivity contribution in [3.63, 3.8) is 0 Å². The first-order valence-electron chi connectivity index (χ1n) is 3.65. The van der Waals surface area contributed by atoms with Crippen molar-refractivity contribution in [2.45, 2.75) is 12.8 Å². The number of aliphatic carboxylic acids is 1. The fourth-order valence-electron chi connectivity index (χ4n) is 0.986. The maximum Gasteiger partial charge on any atom is 0.307 e. The molecule has 0 spiro atoms. The number of nitrogens with zero attached hydrogens (tertiary/aromatic N) is 1. The molecule has 1 rings (SSSR count). The van der Waals surface area contributed by atoms with Crippen LogP contribution < -0.4 is 0 Å². The van der Waals surface area contributed by atoms with Gasteiger partial charge in [-0.3, -0.25) is 4.79 Å². The van der Waals surface area contributed by atoms with Crippen molar-refractivity contribution in [1.82, 2.24) is 4.98 Å². The number of carboxylic acid groups (broad SMARTS) is 1. The van der Waals surface area contributed by atoms with E-state index in [4.69, 9.17) is 16.7 Å². The van der Waals surface area contributed by atoms with E-state index in [-0.39, 0.29) is 16.3 Å². The number of alkyl halides is 2. The number of halogens is 3. The van der Waals surface area contributed by atoms with Crippen LogP contribution in [-0.2, 0) is 11.2 Å². The SMILES string of the molecule is O=C(O)Cc1cnc(Cl)cc1C(F)F. The zero-order valence-corrected chi connectivity index (χ0v) is 7.63. The Hall–Kier alpha value is -1.23. The lowest BCUT2D eigenvalue weighted by Gasteiger charge is -2.05. The van der Waals surface area contributed by atoms with Gasteiger partial charge in [-0.05, 0) is 11.6 Å². The summed E-state index contributed by atoms with van der Waals surface area (Å²) in [4.78, 5) is 13.9. The molecule has 14 heavy (non-hydrogen) atoms. The van der Waals surface area contributed by atoms with Crippen LogP contribution in [0.3, 0.4) is 0 Å². The molecular formula is C8H6ClF2NO2. The molecule has 0 atom stereocenters. The number of rotatable bonds is 3. The summed E-state index contributed by atoms with van der Waals surface area (Å²) in [6.45, 7) is 0. The second-order valence-electron chi connectivity index (χ2n) is 2.58. The first-order valence-corrected chi connectivity index (χ1v) is 4.02. The predicted octanol–water partition coefficient (Wildman–Crippen LogP) is 2.30. The van der Waals surface area contributed by atoms with Gasteiger partial charge in [0.25, 0.3) is 6.43 Å². The third kappa shape index (κ3) is 2.63. The van der Waals surface area contributed by atoms with E-state index in [0.717, 1.165) is 12.3 Å². The molecule has 0 aliphatic rings. The lowest BCUT2D eigenvalue weighted by Crippen LogP contribution is -2.04. The summed E-state index contributed by atoms with van der Waals surface area (Å²) in [5, 5.41) is 8.36. The van der Waals surface area contributed by atoms with Crippen molar-refractivity contribution < 1.29 is 18.7 Å². The van der Waals surface area contributed by atoms with E-state index in [1.807, 2.05) is 0 Å². The van der Waals surface area contributed by atoms with Crippen molar-refractivity contribution in [1.29, 1.82) is 0 Å². The fourth-order valence-corrected chi connectivity index (χ4v) is 1.15. The number of aromatic nitrogens is 1. The van der Waals surface area contributed by atoms with Gasteiger partial charge in [-0.15, -0.1) is 0 Å². The Bertz CT molecular complexity index is 357. The Balaban J connectivity index is 3.08. The van der Waals surface area contributed by atoms with E-state index in [9.17, 15) is 13.6 Å². The van der Waals surface area contributed by atoms with E-state index in [1.54, 1.807) is 0 Å². The Morgan fingerprint density at radius 3 is 2.79 bits per heavy atom. The summed E-state index contributed by atoms with van der Waals surface area (Å²) < 4.78 is 24.8. The molecule has 1 aromatic rings. The zero-order chi connectivity index (χ0) is 10.7. The van der Waals surface area contributed by atoms with Gasteiger partial charge in [0.2, 0.25) is 0 Å². The standard InChI is InChI=1S/C8H6ClF2NO2/c9-6-2-5(8(10)11)4(3-12-6)1-7(13)14/h2-3,8H,1H2,(H,13,14). The quantitative estimate of drug-likeness (QED) is 0.797. The molecule has 3 nitrogen and oxygen atoms in total. The van der Waals surface area contributed by atoms with Gasteiger partial charge < -0.3 is 5.11 Å². The second kappa shape index (κ2) is 4.32. The number of carboxylic acids is 1. The third-order valence-electron chi connectivity index (χ3n) is 1.57. The highest BCUT2D eigenvalue weighted by Crippen LogP contribution is 2.24. The van der Waals surface area contributed by atoms with Gasteiger partial charge in [-0.25, -0.2) is 13.8 Å². The molecule has 1 heterocycles.